The van der Waals surface area contributed by atoms with Crippen molar-refractivity contribution in [3.63, 3.8) is 0 Å². The molecule has 1 saturated carbocycles. The number of aromatic nitrogens is 4. The Morgan fingerprint density at radius 1 is 0.849 bits per heavy atom. The van der Waals surface area contributed by atoms with Gasteiger partial charge in [0.05, 0.1) is 46.2 Å². The highest BCUT2D eigenvalue weighted by atomic mass is 32.1. The molecule has 1 aliphatic carbocycles. The molecule has 0 unspecified atom stereocenters. The second-order valence-corrected chi connectivity index (χ2v) is 20.8. The molecule has 3 amide bonds. The summed E-state index contributed by atoms with van der Waals surface area (Å²) in [5.74, 6) is -1.00. The smallest absolute Gasteiger partial charge is 0.355 e. The molecule has 7 aromatic rings. The van der Waals surface area contributed by atoms with Gasteiger partial charge in [-0.2, -0.15) is 5.10 Å². The summed E-state index contributed by atoms with van der Waals surface area (Å²) in [5.41, 5.74) is 8.30. The number of carbonyl (C=O) groups excluding carboxylic acids is 3. The number of aromatic carboxylic acids is 1. The first kappa shape index (κ1) is 48.1. The van der Waals surface area contributed by atoms with E-state index in [1.807, 2.05) is 96.3 Å². The third kappa shape index (κ3) is 9.88. The van der Waals surface area contributed by atoms with Gasteiger partial charge in [-0.05, 0) is 129 Å². The van der Waals surface area contributed by atoms with E-state index in [0.717, 1.165) is 112 Å². The molecule has 11 rings (SSSR count). The summed E-state index contributed by atoms with van der Waals surface area (Å²) in [6, 6.07) is 29.7. The van der Waals surface area contributed by atoms with Crippen LogP contribution in [0.2, 0.25) is 0 Å². The Labute approximate surface area is 427 Å². The Morgan fingerprint density at radius 3 is 2.44 bits per heavy atom. The number of para-hydroxylation sites is 1. The number of pyridine rings is 1. The lowest BCUT2D eigenvalue weighted by molar-refractivity contribution is -0.134. The van der Waals surface area contributed by atoms with Gasteiger partial charge in [0.2, 0.25) is 11.8 Å². The van der Waals surface area contributed by atoms with E-state index in [-0.39, 0.29) is 41.7 Å². The average molecular weight is 1000 g/mol. The zero-order valence-electron chi connectivity index (χ0n) is 41.3. The fraction of sp³-hybridized carbons (Fsp3) is 0.375. The van der Waals surface area contributed by atoms with E-state index >= 15 is 0 Å². The summed E-state index contributed by atoms with van der Waals surface area (Å²) >= 11 is 1.43. The summed E-state index contributed by atoms with van der Waals surface area (Å²) in [7, 11) is 1.91. The molecule has 0 spiro atoms. The summed E-state index contributed by atoms with van der Waals surface area (Å²) in [6.07, 6.45) is 5.17. The van der Waals surface area contributed by atoms with Crippen LogP contribution in [-0.2, 0) is 34.3 Å². The number of hydrogen-bond acceptors (Lipinski definition) is 13. The van der Waals surface area contributed by atoms with Crippen LogP contribution in [0, 0.1) is 6.92 Å². The topological polar surface area (TPSA) is 184 Å². The molecule has 3 aliphatic heterocycles. The zero-order chi connectivity index (χ0) is 50.3. The summed E-state index contributed by atoms with van der Waals surface area (Å²) < 4.78 is 16.0. The maximum atomic E-state index is 13.7. The lowest BCUT2D eigenvalue weighted by atomic mass is 9.93. The van der Waals surface area contributed by atoms with Crippen molar-refractivity contribution in [1.29, 1.82) is 0 Å². The van der Waals surface area contributed by atoms with E-state index in [0.29, 0.717) is 61.0 Å². The standard InChI is InChI=1S/C56H59N9O7S/c1-33(63-26-28-64(29-27-63)36-14-19-42-46(30-36)62(3)61-51(42)43-21-23-50(66)59-54(43)68)32-71-37-15-17-38(18-16-37)72-47-12-7-9-39(34(47)2)40-20-22-49(58-52(40)55(69)70)65-25-24-35-8-6-10-41(44(35)31-65)53(67)60-56-57-45-11-4-5-13-48(45)73-56/h4-14,19-20,22,30,33,37-38,43H,15-18,21,23-29,31-32H2,1-3H3,(H,69,70)(H,57,60,67)(H,59,66,68)/t33-,37?,38?,43-/m1/s1. The van der Waals surface area contributed by atoms with Crippen LogP contribution < -0.4 is 25.2 Å². The molecule has 0 bridgehead atoms. The quantitative estimate of drug-likeness (QED) is 0.0936. The number of hydrogen-bond donors (Lipinski definition) is 3. The minimum atomic E-state index is -1.12. The van der Waals surface area contributed by atoms with Crippen LogP contribution >= 0.6 is 11.3 Å². The Hall–Kier alpha value is -7.21. The Kier molecular flexibility index (Phi) is 13.4. The van der Waals surface area contributed by atoms with Crippen LogP contribution in [0.25, 0.3) is 32.2 Å². The second-order valence-electron chi connectivity index (χ2n) is 19.8. The largest absolute Gasteiger partial charge is 0.490 e. The molecule has 16 nitrogen and oxygen atoms in total. The number of piperazine rings is 1. The van der Waals surface area contributed by atoms with Gasteiger partial charge in [-0.1, -0.05) is 47.7 Å². The van der Waals surface area contributed by atoms with Crippen molar-refractivity contribution in [3.05, 3.63) is 125 Å². The summed E-state index contributed by atoms with van der Waals surface area (Å²) in [6.45, 7) is 9.54. The van der Waals surface area contributed by atoms with Crippen LogP contribution in [-0.4, -0.2) is 111 Å². The number of anilines is 3. The van der Waals surface area contributed by atoms with Crippen molar-refractivity contribution >= 4 is 72.8 Å². The molecular weight excluding hydrogens is 943 g/mol. The molecule has 6 heterocycles. The van der Waals surface area contributed by atoms with Crippen LogP contribution in [0.3, 0.4) is 0 Å². The first-order valence-electron chi connectivity index (χ1n) is 25.4. The van der Waals surface area contributed by atoms with E-state index in [9.17, 15) is 24.3 Å². The normalized spacial score (nSPS) is 20.0. The number of aryl methyl sites for hydroxylation is 1. The van der Waals surface area contributed by atoms with Crippen LogP contribution in [0.1, 0.15) is 94.6 Å². The van der Waals surface area contributed by atoms with Gasteiger partial charge in [0, 0.05) is 81.0 Å². The van der Waals surface area contributed by atoms with Crippen molar-refractivity contribution in [1.82, 2.24) is 30.0 Å². The van der Waals surface area contributed by atoms with Crippen molar-refractivity contribution in [2.75, 3.05) is 54.4 Å². The molecule has 376 valence electrons. The highest BCUT2D eigenvalue weighted by Gasteiger charge is 2.33. The number of nitrogens with one attached hydrogen (secondary N) is 2. The first-order chi connectivity index (χ1) is 35.4. The zero-order valence-corrected chi connectivity index (χ0v) is 42.1. The van der Waals surface area contributed by atoms with Gasteiger partial charge in [-0.25, -0.2) is 14.8 Å². The van der Waals surface area contributed by atoms with Crippen molar-refractivity contribution in [2.45, 2.75) is 89.5 Å². The van der Waals surface area contributed by atoms with E-state index in [2.05, 4.69) is 50.5 Å². The fourth-order valence-electron chi connectivity index (χ4n) is 11.1. The van der Waals surface area contributed by atoms with Crippen LogP contribution in [0.15, 0.2) is 91.0 Å². The van der Waals surface area contributed by atoms with Crippen LogP contribution in [0.4, 0.5) is 16.6 Å². The molecule has 2 atom stereocenters. The molecular formula is C56H59N9O7S. The van der Waals surface area contributed by atoms with Gasteiger partial charge in [0.1, 0.15) is 11.6 Å². The number of carboxylic acids is 1. The van der Waals surface area contributed by atoms with E-state index < -0.39 is 11.9 Å². The van der Waals surface area contributed by atoms with Gasteiger partial charge in [-0.15, -0.1) is 0 Å². The molecule has 4 aliphatic rings. The predicted octanol–water partition coefficient (Wildman–Crippen LogP) is 8.50. The SMILES string of the molecule is Cc1c(OC2CCC(OC[C@@H](C)N3CCN(c4ccc5c([C@H]6CCC(=O)NC6=O)nn(C)c5c4)CC3)CC2)cccc1-c1ccc(N2CCc3cccc(C(=O)Nc4nc5ccccc5s4)c3C2)nc1C(=O)O. The second kappa shape index (κ2) is 20.4. The summed E-state index contributed by atoms with van der Waals surface area (Å²) in [4.78, 5) is 67.2. The van der Waals surface area contributed by atoms with Crippen molar-refractivity contribution < 1.29 is 33.8 Å². The van der Waals surface area contributed by atoms with Gasteiger partial charge in [0.15, 0.2) is 10.8 Å². The van der Waals surface area contributed by atoms with Gasteiger partial charge >= 0.3 is 5.97 Å². The molecule has 17 heteroatoms. The number of carboxylic acid groups (broad SMARTS) is 1. The maximum Gasteiger partial charge on any atom is 0.355 e. The minimum absolute atomic E-state index is 0.0171. The number of carbonyl (C=O) groups is 4. The Morgan fingerprint density at radius 2 is 1.64 bits per heavy atom. The lowest BCUT2D eigenvalue weighted by Crippen LogP contribution is -2.51. The van der Waals surface area contributed by atoms with E-state index in [4.69, 9.17) is 19.6 Å². The third-order valence-electron chi connectivity index (χ3n) is 15.2. The number of benzene rings is 4. The third-order valence-corrected chi connectivity index (χ3v) is 16.2. The molecule has 0 radical (unpaired) electrons. The van der Waals surface area contributed by atoms with Gasteiger partial charge in [0.25, 0.3) is 5.91 Å². The number of fused-ring (bicyclic) bond motifs is 3. The van der Waals surface area contributed by atoms with E-state index in [1.165, 1.54) is 11.3 Å². The van der Waals surface area contributed by atoms with Crippen molar-refractivity contribution in [3.8, 4) is 16.9 Å². The molecule has 4 aromatic carbocycles. The molecule has 2 saturated heterocycles. The number of piperidine rings is 1. The van der Waals surface area contributed by atoms with Gasteiger partial charge < -0.3 is 24.4 Å². The molecule has 73 heavy (non-hydrogen) atoms. The number of nitrogens with zero attached hydrogens (tertiary/aromatic N) is 7. The molecule has 3 fully saturated rings. The Bertz CT molecular complexity index is 3230. The molecule has 3 aromatic heterocycles. The molecule has 3 N–H and O–H groups in total. The number of amides is 3. The average Bonchev–Trinajstić information content (AvgIpc) is 3.97. The number of imide groups is 1. The highest BCUT2D eigenvalue weighted by molar-refractivity contribution is 7.22. The Balaban J connectivity index is 0.672. The van der Waals surface area contributed by atoms with E-state index in [1.54, 1.807) is 0 Å². The number of thiazole rings is 1. The minimum Gasteiger partial charge on any atom is -0.490 e. The number of ether oxygens (including phenoxy) is 2. The van der Waals surface area contributed by atoms with Crippen molar-refractivity contribution in [2.24, 2.45) is 7.05 Å². The van der Waals surface area contributed by atoms with Crippen LogP contribution in [0.5, 0.6) is 5.75 Å². The van der Waals surface area contributed by atoms with Gasteiger partial charge in [-0.3, -0.25) is 34.6 Å². The number of rotatable bonds is 13. The first-order valence-corrected chi connectivity index (χ1v) is 26.2. The maximum absolute atomic E-state index is 13.7. The predicted molar refractivity (Wildman–Crippen MR) is 282 cm³/mol. The lowest BCUT2D eigenvalue weighted by Gasteiger charge is -2.39. The summed E-state index contributed by atoms with van der Waals surface area (Å²) in [5, 5.41) is 22.2. The highest BCUT2D eigenvalue weighted by Crippen LogP contribution is 2.37. The monoisotopic (exact) mass is 1000 g/mol. The fourth-order valence-corrected chi connectivity index (χ4v) is 12.0.